The van der Waals surface area contributed by atoms with Crippen LogP contribution in [0.1, 0.15) is 19.8 Å². The van der Waals surface area contributed by atoms with E-state index in [0.29, 0.717) is 40.9 Å². The first-order valence-corrected chi connectivity index (χ1v) is 7.89. The molecule has 0 aliphatic heterocycles. The Balaban J connectivity index is 2.31. The molecule has 0 aliphatic carbocycles. The summed E-state index contributed by atoms with van der Waals surface area (Å²) in [5.41, 5.74) is 0.650. The van der Waals surface area contributed by atoms with Gasteiger partial charge in [0.25, 0.3) is 0 Å². The van der Waals surface area contributed by atoms with Gasteiger partial charge in [0.05, 0.1) is 15.2 Å². The second kappa shape index (κ2) is 6.91. The number of fused-ring (bicyclic) bond motifs is 1. The molecule has 0 atom stereocenters. The highest BCUT2D eigenvalue weighted by atomic mass is 127. The lowest BCUT2D eigenvalue weighted by atomic mass is 10.2. The molecule has 0 unspecified atom stereocenters. The zero-order chi connectivity index (χ0) is 14.7. The fourth-order valence-corrected chi connectivity index (χ4v) is 3.12. The molecule has 0 amide bonds. The normalized spacial score (nSPS) is 10.8. The van der Waals surface area contributed by atoms with Gasteiger partial charge >= 0.3 is 0 Å². The highest BCUT2D eigenvalue weighted by Crippen LogP contribution is 2.35. The van der Waals surface area contributed by atoms with Crippen molar-refractivity contribution in [3.8, 4) is 5.75 Å². The molecule has 0 bridgehead atoms. The van der Waals surface area contributed by atoms with E-state index in [9.17, 15) is 4.79 Å². The first-order chi connectivity index (χ1) is 9.49. The number of pyridine rings is 1. The van der Waals surface area contributed by atoms with Gasteiger partial charge in [0.1, 0.15) is 16.5 Å². The number of hydrogen-bond donors (Lipinski definition) is 0. The summed E-state index contributed by atoms with van der Waals surface area (Å²) in [7, 11) is 0. The van der Waals surface area contributed by atoms with Gasteiger partial charge < -0.3 is 9.53 Å². The Bertz CT molecular complexity index is 661. The van der Waals surface area contributed by atoms with Crippen LogP contribution in [0.2, 0.25) is 10.2 Å². The zero-order valence-corrected chi connectivity index (χ0v) is 14.4. The standard InChI is InChI=1S/C14H12Cl2INO2/c1-8(19)3-2-6-20-14-11(17)7-10(15)9-4-5-12(16)18-13(9)14/h4-5,7H,2-3,6H2,1H3. The maximum absolute atomic E-state index is 10.9. The molecule has 1 aromatic heterocycles. The van der Waals surface area contributed by atoms with Crippen molar-refractivity contribution in [3.63, 3.8) is 0 Å². The van der Waals surface area contributed by atoms with Gasteiger partial charge in [-0.05, 0) is 54.1 Å². The Morgan fingerprint density at radius 1 is 1.40 bits per heavy atom. The number of carbonyl (C=O) groups excluding carboxylic acids is 1. The van der Waals surface area contributed by atoms with Crippen LogP contribution in [0.5, 0.6) is 5.75 Å². The lowest BCUT2D eigenvalue weighted by molar-refractivity contribution is -0.117. The number of carbonyl (C=O) groups is 1. The number of hydrogen-bond acceptors (Lipinski definition) is 3. The first-order valence-electron chi connectivity index (χ1n) is 6.05. The maximum Gasteiger partial charge on any atom is 0.158 e. The van der Waals surface area contributed by atoms with Crippen molar-refractivity contribution < 1.29 is 9.53 Å². The van der Waals surface area contributed by atoms with Gasteiger partial charge in [-0.15, -0.1) is 0 Å². The van der Waals surface area contributed by atoms with Crippen molar-refractivity contribution in [3.05, 3.63) is 31.9 Å². The minimum Gasteiger partial charge on any atom is -0.490 e. The molecular formula is C14H12Cl2INO2. The smallest absolute Gasteiger partial charge is 0.158 e. The quantitative estimate of drug-likeness (QED) is 0.390. The second-order valence-corrected chi connectivity index (χ2v) is 6.31. The van der Waals surface area contributed by atoms with Crippen molar-refractivity contribution >= 4 is 62.5 Å². The molecule has 6 heteroatoms. The molecule has 0 saturated heterocycles. The van der Waals surface area contributed by atoms with Gasteiger partial charge in [0.2, 0.25) is 0 Å². The van der Waals surface area contributed by atoms with Gasteiger partial charge in [-0.3, -0.25) is 0 Å². The SMILES string of the molecule is CC(=O)CCCOc1c(I)cc(Cl)c2ccc(Cl)nc12. The largest absolute Gasteiger partial charge is 0.490 e. The van der Waals surface area contributed by atoms with Crippen LogP contribution in [-0.2, 0) is 4.79 Å². The van der Waals surface area contributed by atoms with Gasteiger partial charge in [-0.25, -0.2) is 4.98 Å². The van der Waals surface area contributed by atoms with Crippen molar-refractivity contribution in [2.24, 2.45) is 0 Å². The van der Waals surface area contributed by atoms with Crippen LogP contribution in [0.3, 0.4) is 0 Å². The summed E-state index contributed by atoms with van der Waals surface area (Å²) in [6.07, 6.45) is 1.19. The number of halogens is 3. The summed E-state index contributed by atoms with van der Waals surface area (Å²) in [4.78, 5) is 15.2. The van der Waals surface area contributed by atoms with Gasteiger partial charge in [0.15, 0.2) is 5.75 Å². The Morgan fingerprint density at radius 3 is 2.85 bits per heavy atom. The van der Waals surface area contributed by atoms with Crippen LogP contribution in [0.25, 0.3) is 10.9 Å². The molecule has 3 nitrogen and oxygen atoms in total. The average molecular weight is 424 g/mol. The van der Waals surface area contributed by atoms with Crippen LogP contribution < -0.4 is 4.74 Å². The fraction of sp³-hybridized carbons (Fsp3) is 0.286. The highest BCUT2D eigenvalue weighted by molar-refractivity contribution is 14.1. The predicted octanol–water partition coefficient (Wildman–Crippen LogP) is 4.89. The summed E-state index contributed by atoms with van der Waals surface area (Å²) in [6, 6.07) is 5.36. The van der Waals surface area contributed by atoms with Crippen LogP contribution in [0.4, 0.5) is 0 Å². The average Bonchev–Trinajstić information content (AvgIpc) is 2.36. The van der Waals surface area contributed by atoms with E-state index in [0.717, 1.165) is 8.96 Å². The zero-order valence-electron chi connectivity index (χ0n) is 10.8. The van der Waals surface area contributed by atoms with E-state index < -0.39 is 0 Å². The molecule has 0 spiro atoms. The number of nitrogens with zero attached hydrogens (tertiary/aromatic N) is 1. The minimum atomic E-state index is 0.158. The minimum absolute atomic E-state index is 0.158. The Labute approximate surface area is 140 Å². The van der Waals surface area contributed by atoms with E-state index in [1.165, 1.54) is 0 Å². The maximum atomic E-state index is 10.9. The number of Topliss-reactive ketones (excluding diaryl/α,β-unsaturated/α-hetero) is 1. The lowest BCUT2D eigenvalue weighted by Crippen LogP contribution is -2.03. The van der Waals surface area contributed by atoms with Crippen molar-refractivity contribution in [1.82, 2.24) is 4.98 Å². The summed E-state index contributed by atoms with van der Waals surface area (Å²) < 4.78 is 6.64. The van der Waals surface area contributed by atoms with E-state index in [2.05, 4.69) is 27.6 Å². The van der Waals surface area contributed by atoms with Crippen LogP contribution in [0.15, 0.2) is 18.2 Å². The number of rotatable bonds is 5. The monoisotopic (exact) mass is 423 g/mol. The number of benzene rings is 1. The molecule has 1 heterocycles. The van der Waals surface area contributed by atoms with Gasteiger partial charge in [0, 0.05) is 11.8 Å². The van der Waals surface area contributed by atoms with E-state index in [-0.39, 0.29) is 5.78 Å². The predicted molar refractivity (Wildman–Crippen MR) is 89.9 cm³/mol. The number of aromatic nitrogens is 1. The molecular weight excluding hydrogens is 412 g/mol. The van der Waals surface area contributed by atoms with E-state index in [4.69, 9.17) is 27.9 Å². The second-order valence-electron chi connectivity index (χ2n) is 4.35. The molecule has 1 aromatic carbocycles. The third-order valence-corrected chi connectivity index (χ3v) is 4.05. The number of ketones is 1. The molecule has 0 saturated carbocycles. The van der Waals surface area contributed by atoms with Gasteiger partial charge in [-0.2, -0.15) is 0 Å². The van der Waals surface area contributed by atoms with Crippen LogP contribution >= 0.6 is 45.8 Å². The molecule has 2 rings (SSSR count). The molecule has 2 aromatic rings. The molecule has 20 heavy (non-hydrogen) atoms. The van der Waals surface area contributed by atoms with Crippen molar-refractivity contribution in [1.29, 1.82) is 0 Å². The topological polar surface area (TPSA) is 39.2 Å². The van der Waals surface area contributed by atoms with Crippen LogP contribution in [-0.4, -0.2) is 17.4 Å². The molecule has 0 N–H and O–H groups in total. The summed E-state index contributed by atoms with van der Waals surface area (Å²) in [6.45, 7) is 2.03. The Kier molecular flexibility index (Phi) is 5.46. The molecule has 0 fully saturated rings. The first kappa shape index (κ1) is 15.8. The van der Waals surface area contributed by atoms with E-state index in [1.807, 2.05) is 12.1 Å². The summed E-state index contributed by atoms with van der Waals surface area (Å²) >= 11 is 14.3. The number of ether oxygens (including phenoxy) is 1. The summed E-state index contributed by atoms with van der Waals surface area (Å²) in [5, 5.41) is 1.81. The third kappa shape index (κ3) is 3.74. The van der Waals surface area contributed by atoms with Crippen molar-refractivity contribution in [2.75, 3.05) is 6.61 Å². The molecule has 0 aliphatic rings. The van der Waals surface area contributed by atoms with E-state index >= 15 is 0 Å². The van der Waals surface area contributed by atoms with E-state index in [1.54, 1.807) is 13.0 Å². The lowest BCUT2D eigenvalue weighted by Gasteiger charge is -2.12. The van der Waals surface area contributed by atoms with Gasteiger partial charge in [-0.1, -0.05) is 23.2 Å². The Morgan fingerprint density at radius 2 is 2.15 bits per heavy atom. The van der Waals surface area contributed by atoms with Crippen LogP contribution in [0, 0.1) is 3.57 Å². The molecule has 106 valence electrons. The van der Waals surface area contributed by atoms with Crippen molar-refractivity contribution in [2.45, 2.75) is 19.8 Å². The Hall–Kier alpha value is -0.590. The third-order valence-electron chi connectivity index (χ3n) is 2.72. The molecule has 0 radical (unpaired) electrons. The fourth-order valence-electron chi connectivity index (χ4n) is 1.80. The highest BCUT2D eigenvalue weighted by Gasteiger charge is 2.13. The summed E-state index contributed by atoms with van der Waals surface area (Å²) in [5.74, 6) is 0.821.